The molecule has 0 fully saturated rings. The Morgan fingerprint density at radius 3 is 2.59 bits per heavy atom. The molecule has 1 N–H and O–H groups in total. The highest BCUT2D eigenvalue weighted by Crippen LogP contribution is 2.33. The molecule has 5 heteroatoms. The molecule has 2 amide bonds. The Morgan fingerprint density at radius 1 is 1.00 bits per heavy atom. The molecule has 0 saturated carbocycles. The van der Waals surface area contributed by atoms with Crippen LogP contribution in [0.3, 0.4) is 0 Å². The minimum atomic E-state index is -0.424. The number of carbonyl (C=O) groups is 1. The average Bonchev–Trinajstić information content (AvgIpc) is 3.17. The van der Waals surface area contributed by atoms with E-state index in [2.05, 4.69) is 9.88 Å². The van der Waals surface area contributed by atoms with Crippen LogP contribution in [0.15, 0.2) is 72.9 Å². The molecule has 2 heterocycles. The van der Waals surface area contributed by atoms with Crippen LogP contribution in [-0.2, 0) is 13.0 Å². The summed E-state index contributed by atoms with van der Waals surface area (Å²) >= 11 is 0. The molecule has 0 aliphatic carbocycles. The van der Waals surface area contributed by atoms with Gasteiger partial charge in [-0.3, -0.25) is 0 Å². The number of amides is 2. The zero-order valence-corrected chi connectivity index (χ0v) is 15.0. The van der Waals surface area contributed by atoms with E-state index in [1.54, 1.807) is 17.0 Å². The summed E-state index contributed by atoms with van der Waals surface area (Å²) < 4.78 is 16.6. The molecule has 138 valence electrons. The molecule has 3 aromatic rings. The minimum Gasteiger partial charge on any atom is -0.348 e. The van der Waals surface area contributed by atoms with Gasteiger partial charge in [-0.25, -0.2) is 9.18 Å². The van der Waals surface area contributed by atoms with E-state index in [0.29, 0.717) is 25.2 Å². The van der Waals surface area contributed by atoms with Crippen LogP contribution in [-0.4, -0.2) is 28.6 Å². The lowest BCUT2D eigenvalue weighted by Gasteiger charge is -2.37. The van der Waals surface area contributed by atoms with E-state index in [1.165, 1.54) is 11.6 Å². The molecular formula is C22H22FN3O. The Hall–Kier alpha value is -3.08. The number of fused-ring (bicyclic) bond motifs is 1. The van der Waals surface area contributed by atoms with E-state index in [1.807, 2.05) is 54.7 Å². The van der Waals surface area contributed by atoms with E-state index in [9.17, 15) is 9.18 Å². The fraction of sp³-hybridized carbons (Fsp3) is 0.227. The molecular weight excluding hydrogens is 341 g/mol. The summed E-state index contributed by atoms with van der Waals surface area (Å²) in [5.41, 5.74) is 2.64. The van der Waals surface area contributed by atoms with Crippen LogP contribution in [0.1, 0.15) is 22.9 Å². The van der Waals surface area contributed by atoms with Crippen LogP contribution in [0.5, 0.6) is 0 Å². The van der Waals surface area contributed by atoms with Crippen molar-refractivity contribution in [1.29, 1.82) is 0 Å². The fourth-order valence-electron chi connectivity index (χ4n) is 3.69. The van der Waals surface area contributed by atoms with Gasteiger partial charge in [-0.1, -0.05) is 48.5 Å². The Balaban J connectivity index is 1.53. The first-order valence-electron chi connectivity index (χ1n) is 9.22. The van der Waals surface area contributed by atoms with Crippen LogP contribution in [0.4, 0.5) is 9.18 Å². The highest BCUT2D eigenvalue weighted by atomic mass is 19.1. The Morgan fingerprint density at radius 2 is 1.78 bits per heavy atom. The molecule has 27 heavy (non-hydrogen) atoms. The molecule has 4 nitrogen and oxygen atoms in total. The number of rotatable bonds is 4. The van der Waals surface area contributed by atoms with Gasteiger partial charge in [0.1, 0.15) is 11.9 Å². The summed E-state index contributed by atoms with van der Waals surface area (Å²) in [5.74, 6) is -0.292. The van der Waals surface area contributed by atoms with Gasteiger partial charge in [0.2, 0.25) is 0 Å². The van der Waals surface area contributed by atoms with Gasteiger partial charge in [0.15, 0.2) is 0 Å². The molecule has 1 aromatic heterocycles. The molecule has 1 unspecified atom stereocenters. The molecule has 1 aliphatic rings. The van der Waals surface area contributed by atoms with Crippen LogP contribution in [0.2, 0.25) is 0 Å². The number of aromatic nitrogens is 1. The summed E-state index contributed by atoms with van der Waals surface area (Å²) in [6.45, 7) is 1.79. The second kappa shape index (κ2) is 7.66. The van der Waals surface area contributed by atoms with Crippen molar-refractivity contribution in [2.75, 3.05) is 13.1 Å². The number of hydrogen-bond donors (Lipinski definition) is 1. The monoisotopic (exact) mass is 363 g/mol. The zero-order valence-electron chi connectivity index (χ0n) is 15.0. The van der Waals surface area contributed by atoms with E-state index in [0.717, 1.165) is 12.1 Å². The predicted molar refractivity (Wildman–Crippen MR) is 103 cm³/mol. The first-order valence-corrected chi connectivity index (χ1v) is 9.22. The van der Waals surface area contributed by atoms with Crippen molar-refractivity contribution in [2.24, 2.45) is 0 Å². The third kappa shape index (κ3) is 3.58. The topological polar surface area (TPSA) is 37.3 Å². The number of urea groups is 1. The zero-order chi connectivity index (χ0) is 18.6. The van der Waals surface area contributed by atoms with E-state index in [-0.39, 0.29) is 11.8 Å². The van der Waals surface area contributed by atoms with E-state index < -0.39 is 6.04 Å². The van der Waals surface area contributed by atoms with Crippen molar-refractivity contribution in [1.82, 2.24) is 14.8 Å². The van der Waals surface area contributed by atoms with Gasteiger partial charge in [0.05, 0.1) is 0 Å². The number of nitrogens with zero attached hydrogens (tertiary/aromatic N) is 2. The molecule has 0 saturated heterocycles. The normalized spacial score (nSPS) is 16.0. The van der Waals surface area contributed by atoms with Crippen molar-refractivity contribution < 1.29 is 9.18 Å². The number of hydrogen-bond acceptors (Lipinski definition) is 1. The molecule has 0 radical (unpaired) electrons. The van der Waals surface area contributed by atoms with E-state index >= 15 is 0 Å². The van der Waals surface area contributed by atoms with Crippen LogP contribution < -0.4 is 5.32 Å². The maximum absolute atomic E-state index is 14.5. The van der Waals surface area contributed by atoms with Crippen molar-refractivity contribution >= 4 is 6.03 Å². The summed E-state index contributed by atoms with van der Waals surface area (Å²) in [6, 6.07) is 20.0. The standard InChI is InChI=1S/C22H22FN3O/c23-19-10-5-4-9-18(19)21-20-11-6-14-25(20)15-16-26(21)22(27)24-13-12-17-7-2-1-3-8-17/h1-11,14,21H,12-13,15-16H2,(H,24,27). The van der Waals surface area contributed by atoms with Gasteiger partial charge in [-0.15, -0.1) is 0 Å². The van der Waals surface area contributed by atoms with Crippen molar-refractivity contribution in [2.45, 2.75) is 19.0 Å². The smallest absolute Gasteiger partial charge is 0.318 e. The Labute approximate surface area is 158 Å². The van der Waals surface area contributed by atoms with E-state index in [4.69, 9.17) is 0 Å². The van der Waals surface area contributed by atoms with Crippen molar-refractivity contribution in [3.8, 4) is 0 Å². The van der Waals surface area contributed by atoms with Crippen LogP contribution in [0, 0.1) is 5.82 Å². The third-order valence-corrected chi connectivity index (χ3v) is 5.03. The third-order valence-electron chi connectivity index (χ3n) is 5.03. The highest BCUT2D eigenvalue weighted by Gasteiger charge is 2.33. The molecule has 0 bridgehead atoms. The largest absolute Gasteiger partial charge is 0.348 e. The second-order valence-electron chi connectivity index (χ2n) is 6.71. The second-order valence-corrected chi connectivity index (χ2v) is 6.71. The number of halogens is 1. The average molecular weight is 363 g/mol. The lowest BCUT2D eigenvalue weighted by molar-refractivity contribution is 0.167. The molecule has 0 spiro atoms. The maximum Gasteiger partial charge on any atom is 0.318 e. The Kier molecular flexibility index (Phi) is 4.92. The first-order chi connectivity index (χ1) is 13.2. The number of benzene rings is 2. The lowest BCUT2D eigenvalue weighted by atomic mass is 9.99. The van der Waals surface area contributed by atoms with Gasteiger partial charge in [-0.05, 0) is 30.2 Å². The summed E-state index contributed by atoms with van der Waals surface area (Å²) in [5, 5.41) is 3.00. The van der Waals surface area contributed by atoms with Crippen molar-refractivity contribution in [3.63, 3.8) is 0 Å². The van der Waals surface area contributed by atoms with Crippen LogP contribution in [0.25, 0.3) is 0 Å². The molecule has 4 rings (SSSR count). The molecule has 1 atom stereocenters. The molecule has 1 aliphatic heterocycles. The minimum absolute atomic E-state index is 0.161. The fourth-order valence-corrected chi connectivity index (χ4v) is 3.69. The van der Waals surface area contributed by atoms with Gasteiger partial charge < -0.3 is 14.8 Å². The maximum atomic E-state index is 14.5. The quantitative estimate of drug-likeness (QED) is 0.748. The summed E-state index contributed by atoms with van der Waals surface area (Å²) in [7, 11) is 0. The number of carbonyl (C=O) groups excluding carboxylic acids is 1. The lowest BCUT2D eigenvalue weighted by Crippen LogP contribution is -2.47. The van der Waals surface area contributed by atoms with Gasteiger partial charge in [-0.2, -0.15) is 0 Å². The summed E-state index contributed by atoms with van der Waals surface area (Å²) in [4.78, 5) is 14.6. The SMILES string of the molecule is O=C(NCCc1ccccc1)N1CCn2cccc2C1c1ccccc1F. The molecule has 2 aromatic carbocycles. The summed E-state index contributed by atoms with van der Waals surface area (Å²) in [6.07, 6.45) is 2.75. The first kappa shape index (κ1) is 17.3. The van der Waals surface area contributed by atoms with Gasteiger partial charge in [0, 0.05) is 37.1 Å². The predicted octanol–water partition coefficient (Wildman–Crippen LogP) is 3.98. The van der Waals surface area contributed by atoms with Crippen molar-refractivity contribution in [3.05, 3.63) is 95.6 Å². The van der Waals surface area contributed by atoms with Gasteiger partial charge in [0.25, 0.3) is 0 Å². The highest BCUT2D eigenvalue weighted by molar-refractivity contribution is 5.75. The number of nitrogens with one attached hydrogen (secondary N) is 1. The van der Waals surface area contributed by atoms with Gasteiger partial charge >= 0.3 is 6.03 Å². The van der Waals surface area contributed by atoms with Crippen LogP contribution >= 0.6 is 0 Å². The Bertz CT molecular complexity index is 922.